The molecule has 4 aromatic rings. The zero-order valence-corrected chi connectivity index (χ0v) is 37.8. The lowest BCUT2D eigenvalue weighted by Gasteiger charge is -2.62. The van der Waals surface area contributed by atoms with Gasteiger partial charge in [0, 0.05) is 60.0 Å². The lowest BCUT2D eigenvalue weighted by atomic mass is 9.71. The van der Waals surface area contributed by atoms with E-state index in [1.54, 1.807) is 12.1 Å². The first-order valence-electron chi connectivity index (χ1n) is 21.8. The van der Waals surface area contributed by atoms with Gasteiger partial charge in [0.25, 0.3) is 0 Å². The van der Waals surface area contributed by atoms with E-state index < -0.39 is 52.9 Å². The molecule has 1 unspecified atom stereocenters. The highest BCUT2D eigenvalue weighted by molar-refractivity contribution is 7.99. The van der Waals surface area contributed by atoms with Gasteiger partial charge in [0.1, 0.15) is 18.4 Å². The number of benzene rings is 4. The van der Waals surface area contributed by atoms with E-state index in [9.17, 15) is 20.0 Å². The molecule has 338 valence electrons. The van der Waals surface area contributed by atoms with Gasteiger partial charge in [-0.2, -0.15) is 5.26 Å². The van der Waals surface area contributed by atoms with Gasteiger partial charge in [0.2, 0.25) is 6.79 Å². The maximum atomic E-state index is 15.1. The Morgan fingerprint density at radius 1 is 0.985 bits per heavy atom. The summed E-state index contributed by atoms with van der Waals surface area (Å²) in [5, 5.41) is 26.4. The Labute approximate surface area is 380 Å². The number of phenols is 1. The third-order valence-electron chi connectivity index (χ3n) is 14.1. The number of nitrogens with one attached hydrogen (secondary N) is 1. The fourth-order valence-electron chi connectivity index (χ4n) is 11.3. The normalized spacial score (nSPS) is 26.1. The van der Waals surface area contributed by atoms with Gasteiger partial charge < -0.3 is 38.3 Å². The van der Waals surface area contributed by atoms with Crippen LogP contribution in [0.15, 0.2) is 48.5 Å². The minimum absolute atomic E-state index is 0.0304. The highest BCUT2D eigenvalue weighted by Crippen LogP contribution is 2.64. The van der Waals surface area contributed by atoms with Crippen molar-refractivity contribution in [3.8, 4) is 46.3 Å². The molecule has 0 aromatic heterocycles. The number of phenolic OH excluding ortho intramolecular Hbond substituents is 1. The summed E-state index contributed by atoms with van der Waals surface area (Å²) in [6, 6.07) is 15.1. The number of carbonyl (C=O) groups is 3. The average molecular weight is 903 g/mol. The Kier molecular flexibility index (Phi) is 10.9. The molecule has 11 rings (SSSR count). The number of carbonyl (C=O) groups excluding carboxylic acids is 3. The predicted octanol–water partition coefficient (Wildman–Crippen LogP) is 5.82. The lowest BCUT2D eigenvalue weighted by molar-refractivity contribution is -0.157. The van der Waals surface area contributed by atoms with Gasteiger partial charge in [0.05, 0.1) is 37.6 Å². The van der Waals surface area contributed by atoms with Crippen LogP contribution in [0.4, 0.5) is 0 Å². The smallest absolute Gasteiger partial charge is 0.331 e. The number of fused-ring (bicyclic) bond motifs is 9. The molecule has 7 heterocycles. The van der Waals surface area contributed by atoms with Crippen molar-refractivity contribution in [2.75, 3.05) is 47.0 Å². The van der Waals surface area contributed by atoms with E-state index in [0.29, 0.717) is 76.6 Å². The molecule has 4 aromatic carbocycles. The average Bonchev–Trinajstić information content (AvgIpc) is 3.79. The van der Waals surface area contributed by atoms with Crippen LogP contribution in [-0.4, -0.2) is 97.9 Å². The van der Waals surface area contributed by atoms with Crippen molar-refractivity contribution >= 4 is 29.7 Å². The van der Waals surface area contributed by atoms with Crippen molar-refractivity contribution in [2.45, 2.75) is 87.5 Å². The molecule has 1 spiro atoms. The summed E-state index contributed by atoms with van der Waals surface area (Å²) in [5.41, 5.74) is 5.26. The zero-order chi connectivity index (χ0) is 45.5. The molecular formula is C49H50N4O11S. The molecule has 2 N–H and O–H groups in total. The molecule has 2 fully saturated rings. The first-order chi connectivity index (χ1) is 31.4. The first-order valence-corrected chi connectivity index (χ1v) is 22.9. The number of hydrogen-bond donors (Lipinski definition) is 2. The van der Waals surface area contributed by atoms with Gasteiger partial charge in [-0.15, -0.1) is 11.8 Å². The monoisotopic (exact) mass is 902 g/mol. The molecule has 2 saturated heterocycles. The van der Waals surface area contributed by atoms with Gasteiger partial charge in [-0.3, -0.25) is 24.7 Å². The number of ether oxygens (including phenoxy) is 7. The van der Waals surface area contributed by atoms with E-state index >= 15 is 4.79 Å². The topological polar surface area (TPSA) is 178 Å². The quantitative estimate of drug-likeness (QED) is 0.167. The van der Waals surface area contributed by atoms with Crippen LogP contribution in [0.5, 0.6) is 40.2 Å². The molecule has 4 bridgehead atoms. The Hall–Kier alpha value is -5.99. The summed E-state index contributed by atoms with van der Waals surface area (Å²) in [5.74, 6) is 0.758. The molecule has 0 saturated carbocycles. The van der Waals surface area contributed by atoms with Crippen molar-refractivity contribution in [1.29, 1.82) is 5.26 Å². The van der Waals surface area contributed by atoms with Gasteiger partial charge in [-0.05, 0) is 80.1 Å². The van der Waals surface area contributed by atoms with Crippen molar-refractivity contribution in [1.82, 2.24) is 15.1 Å². The second kappa shape index (κ2) is 16.5. The number of thioether (sulfide) groups is 1. The van der Waals surface area contributed by atoms with Crippen molar-refractivity contribution < 1.29 is 52.6 Å². The Morgan fingerprint density at radius 3 is 2.51 bits per heavy atom. The minimum atomic E-state index is -1.43. The lowest BCUT2D eigenvalue weighted by Crippen LogP contribution is -2.69. The second-order valence-corrected chi connectivity index (χ2v) is 18.7. The van der Waals surface area contributed by atoms with E-state index in [0.717, 1.165) is 22.3 Å². The van der Waals surface area contributed by atoms with Crippen LogP contribution >= 0.6 is 11.8 Å². The highest BCUT2D eigenvalue weighted by atomic mass is 32.2. The number of nitriles is 1. The largest absolute Gasteiger partial charge is 0.504 e. The Morgan fingerprint density at radius 2 is 1.77 bits per heavy atom. The number of methoxy groups -OCH3 is 2. The maximum absolute atomic E-state index is 15.1. The SMILES string of the molecule is COc1cc2c(cc1OC(=O)CCc1ccccc1)CCN[C@]21CS[C@@H]2c3c(OC(C)=O)c(C)c4c(c3[C@H](COC1=O)N1C2[C@@H]2c3c(cc(C)c(OC)c3O)C[C@@H]([C@@H]1C#N)N2C)OCO4. The molecule has 7 aliphatic heterocycles. The van der Waals surface area contributed by atoms with Crippen molar-refractivity contribution in [3.63, 3.8) is 0 Å². The fourth-order valence-corrected chi connectivity index (χ4v) is 13.0. The molecule has 16 heteroatoms. The molecule has 15 nitrogen and oxygen atoms in total. The molecule has 65 heavy (non-hydrogen) atoms. The van der Waals surface area contributed by atoms with Gasteiger partial charge >= 0.3 is 17.9 Å². The summed E-state index contributed by atoms with van der Waals surface area (Å²) < 4.78 is 42.7. The van der Waals surface area contributed by atoms with Crippen LogP contribution in [0.2, 0.25) is 0 Å². The number of aryl methyl sites for hydroxylation is 2. The minimum Gasteiger partial charge on any atom is -0.504 e. The summed E-state index contributed by atoms with van der Waals surface area (Å²) >= 11 is 1.47. The fraction of sp³-hybridized carbons (Fsp3) is 0.429. The second-order valence-electron chi connectivity index (χ2n) is 17.5. The van der Waals surface area contributed by atoms with Crippen LogP contribution in [0.3, 0.4) is 0 Å². The molecule has 7 atom stereocenters. The highest BCUT2D eigenvalue weighted by Gasteiger charge is 2.62. The summed E-state index contributed by atoms with van der Waals surface area (Å²) in [6.45, 7) is 5.19. The Bertz CT molecular complexity index is 2690. The van der Waals surface area contributed by atoms with E-state index in [-0.39, 0.29) is 48.9 Å². The number of rotatable bonds is 7. The predicted molar refractivity (Wildman–Crippen MR) is 237 cm³/mol. The van der Waals surface area contributed by atoms with Gasteiger partial charge in [0.15, 0.2) is 40.0 Å². The maximum Gasteiger partial charge on any atom is 0.331 e. The van der Waals surface area contributed by atoms with E-state index in [2.05, 4.69) is 21.2 Å². The van der Waals surface area contributed by atoms with Crippen molar-refractivity contribution in [3.05, 3.63) is 98.6 Å². The number of nitrogens with zero attached hydrogens (tertiary/aromatic N) is 3. The van der Waals surface area contributed by atoms with Crippen LogP contribution in [0.1, 0.15) is 80.7 Å². The first kappa shape index (κ1) is 42.9. The Balaban J connectivity index is 1.14. The van der Waals surface area contributed by atoms with Crippen molar-refractivity contribution in [2.24, 2.45) is 0 Å². The molecule has 0 aliphatic carbocycles. The zero-order valence-electron chi connectivity index (χ0n) is 37.0. The third-order valence-corrected chi connectivity index (χ3v) is 15.6. The number of esters is 3. The molecule has 0 radical (unpaired) electrons. The standard InChI is InChI=1S/C49H50N4O11S/c1-24-16-29-17-31-32(20-50)53-33-21-60-48(57)49(30-19-34(58-5)35(18-28(30)14-15-51-49)64-36(55)13-12-27-10-8-7-9-11-27)22-65-47(41(53)40(52(31)4)37(29)42(56)43(24)59-6)39-38(33)46-45(61-23-62-46)25(2)44(39)63-26(3)54/h7-11,16,18-19,31-33,40-41,47,51,56H,12-15,17,21-23H2,1-6H3/t31-,32-,33-,40-,41?,47+,49+/m0/s1. The summed E-state index contributed by atoms with van der Waals surface area (Å²) in [4.78, 5) is 45.8. The number of aromatic hydroxyl groups is 1. The molecule has 0 amide bonds. The van der Waals surface area contributed by atoms with Gasteiger partial charge in [-0.25, -0.2) is 4.79 Å². The third kappa shape index (κ3) is 6.68. The van der Waals surface area contributed by atoms with Crippen LogP contribution < -0.4 is 33.7 Å². The number of piperazine rings is 1. The number of hydrogen-bond acceptors (Lipinski definition) is 16. The van der Waals surface area contributed by atoms with Gasteiger partial charge in [-0.1, -0.05) is 36.4 Å². The van der Waals surface area contributed by atoms with Crippen LogP contribution in [-0.2, 0) is 43.9 Å². The molecular weight excluding hydrogens is 853 g/mol. The summed E-state index contributed by atoms with van der Waals surface area (Å²) in [7, 11) is 5.01. The molecule has 7 aliphatic rings. The van der Waals surface area contributed by atoms with Crippen LogP contribution in [0, 0.1) is 25.2 Å². The number of likely N-dealkylation sites (N-methyl/N-ethyl adjacent to an activating group) is 1. The van der Waals surface area contributed by atoms with E-state index in [4.69, 9.17) is 33.2 Å². The van der Waals surface area contributed by atoms with Crippen LogP contribution in [0.25, 0.3) is 0 Å². The summed E-state index contributed by atoms with van der Waals surface area (Å²) in [6.07, 6.45) is 1.67. The van der Waals surface area contributed by atoms with E-state index in [1.807, 2.05) is 57.3 Å². The van der Waals surface area contributed by atoms with E-state index in [1.165, 1.54) is 32.9 Å².